The predicted octanol–water partition coefficient (Wildman–Crippen LogP) is 3.03. The molecule has 1 amide bonds. The number of ether oxygens (including phenoxy) is 1. The molecule has 2 aromatic rings. The number of aryl methyl sites for hydroxylation is 1. The Morgan fingerprint density at radius 2 is 1.89 bits per heavy atom. The van der Waals surface area contributed by atoms with Crippen LogP contribution in [0.2, 0.25) is 0 Å². The predicted molar refractivity (Wildman–Crippen MR) is 76.6 cm³/mol. The van der Waals surface area contributed by atoms with Gasteiger partial charge in [-0.15, -0.1) is 0 Å². The molecule has 3 nitrogen and oxygen atoms in total. The molecule has 0 saturated carbocycles. The number of carbonyl (C=O) groups excluding carboxylic acids is 1. The summed E-state index contributed by atoms with van der Waals surface area (Å²) in [6, 6.07) is 13.5. The van der Waals surface area contributed by atoms with Gasteiger partial charge in [-0.2, -0.15) is 0 Å². The summed E-state index contributed by atoms with van der Waals surface area (Å²) >= 11 is 0. The zero-order valence-electron chi connectivity index (χ0n) is 11.4. The summed E-state index contributed by atoms with van der Waals surface area (Å²) in [5.41, 5.74) is 3.66. The number of nitrogens with one attached hydrogen (secondary N) is 1. The second-order valence-corrected chi connectivity index (χ2v) is 4.31. The van der Waals surface area contributed by atoms with Gasteiger partial charge in [0.25, 0.3) is 5.91 Å². The molecule has 1 N–H and O–H groups in total. The van der Waals surface area contributed by atoms with E-state index in [9.17, 15) is 4.79 Å². The molecule has 98 valence electrons. The van der Waals surface area contributed by atoms with E-state index < -0.39 is 0 Å². The van der Waals surface area contributed by atoms with E-state index in [0.717, 1.165) is 22.4 Å². The van der Waals surface area contributed by atoms with Crippen LogP contribution in [0.15, 0.2) is 42.5 Å². The Balaban J connectivity index is 2.53. The van der Waals surface area contributed by atoms with Crippen LogP contribution < -0.4 is 10.1 Å². The minimum atomic E-state index is -0.0796. The van der Waals surface area contributed by atoms with E-state index in [1.165, 1.54) is 0 Å². The number of rotatable bonds is 3. The fourth-order valence-electron chi connectivity index (χ4n) is 2.11. The van der Waals surface area contributed by atoms with Crippen molar-refractivity contribution in [1.82, 2.24) is 5.32 Å². The maximum absolute atomic E-state index is 11.9. The number of methoxy groups -OCH3 is 1. The normalized spacial score (nSPS) is 10.1. The highest BCUT2D eigenvalue weighted by Gasteiger charge is 2.11. The topological polar surface area (TPSA) is 38.3 Å². The van der Waals surface area contributed by atoms with E-state index in [4.69, 9.17) is 4.74 Å². The first kappa shape index (κ1) is 13.1. The maximum Gasteiger partial charge on any atom is 0.251 e. The third kappa shape index (κ3) is 2.60. The summed E-state index contributed by atoms with van der Waals surface area (Å²) in [5, 5.41) is 2.66. The van der Waals surface area contributed by atoms with Crippen LogP contribution in [0.4, 0.5) is 0 Å². The van der Waals surface area contributed by atoms with Crippen molar-refractivity contribution in [2.75, 3.05) is 14.2 Å². The molecule has 0 aliphatic carbocycles. The fraction of sp³-hybridized carbons (Fsp3) is 0.188. The van der Waals surface area contributed by atoms with Crippen LogP contribution in [0, 0.1) is 6.92 Å². The Morgan fingerprint density at radius 1 is 1.16 bits per heavy atom. The maximum atomic E-state index is 11.9. The van der Waals surface area contributed by atoms with Gasteiger partial charge in [0, 0.05) is 12.6 Å². The van der Waals surface area contributed by atoms with Crippen molar-refractivity contribution in [1.29, 1.82) is 0 Å². The minimum Gasteiger partial charge on any atom is -0.496 e. The molecule has 0 fully saturated rings. The second-order valence-electron chi connectivity index (χ2n) is 4.31. The first-order chi connectivity index (χ1) is 9.17. The molecule has 0 bridgehead atoms. The third-order valence-electron chi connectivity index (χ3n) is 3.10. The highest BCUT2D eigenvalue weighted by molar-refractivity contribution is 6.00. The highest BCUT2D eigenvalue weighted by Crippen LogP contribution is 2.28. The molecule has 2 aromatic carbocycles. The number of amides is 1. The Labute approximate surface area is 113 Å². The molecule has 0 radical (unpaired) electrons. The summed E-state index contributed by atoms with van der Waals surface area (Å²) in [5.74, 6) is 0.769. The van der Waals surface area contributed by atoms with Crippen LogP contribution in [-0.2, 0) is 0 Å². The molecule has 0 unspecified atom stereocenters. The summed E-state index contributed by atoms with van der Waals surface area (Å²) in [4.78, 5) is 11.9. The number of hydrogen-bond donors (Lipinski definition) is 1. The van der Waals surface area contributed by atoms with E-state index in [0.29, 0.717) is 5.56 Å². The van der Waals surface area contributed by atoms with Crippen molar-refractivity contribution in [3.63, 3.8) is 0 Å². The lowest BCUT2D eigenvalue weighted by molar-refractivity contribution is 0.0963. The molecule has 19 heavy (non-hydrogen) atoms. The summed E-state index contributed by atoms with van der Waals surface area (Å²) in [6.45, 7) is 1.99. The lowest BCUT2D eigenvalue weighted by Gasteiger charge is -2.11. The van der Waals surface area contributed by atoms with Crippen molar-refractivity contribution in [2.24, 2.45) is 0 Å². The number of benzene rings is 2. The highest BCUT2D eigenvalue weighted by atomic mass is 16.5. The fourth-order valence-corrected chi connectivity index (χ4v) is 2.11. The molecular weight excluding hydrogens is 238 g/mol. The van der Waals surface area contributed by atoms with E-state index >= 15 is 0 Å². The van der Waals surface area contributed by atoms with Crippen molar-refractivity contribution in [3.05, 3.63) is 53.6 Å². The first-order valence-electron chi connectivity index (χ1n) is 6.13. The van der Waals surface area contributed by atoms with Gasteiger partial charge >= 0.3 is 0 Å². The van der Waals surface area contributed by atoms with Gasteiger partial charge in [0.15, 0.2) is 0 Å². The summed E-state index contributed by atoms with van der Waals surface area (Å²) in [6.07, 6.45) is 0. The average Bonchev–Trinajstić information content (AvgIpc) is 2.46. The lowest BCUT2D eigenvalue weighted by atomic mass is 9.97. The van der Waals surface area contributed by atoms with E-state index in [2.05, 4.69) is 5.32 Å². The number of carbonyl (C=O) groups is 1. The van der Waals surface area contributed by atoms with Crippen LogP contribution in [0.25, 0.3) is 11.1 Å². The van der Waals surface area contributed by atoms with Crippen molar-refractivity contribution in [3.8, 4) is 16.9 Å². The Morgan fingerprint density at radius 3 is 2.53 bits per heavy atom. The van der Waals surface area contributed by atoms with Gasteiger partial charge < -0.3 is 10.1 Å². The summed E-state index contributed by atoms with van der Waals surface area (Å²) in [7, 11) is 3.29. The third-order valence-corrected chi connectivity index (χ3v) is 3.10. The van der Waals surface area contributed by atoms with Crippen LogP contribution in [0.3, 0.4) is 0 Å². The van der Waals surface area contributed by atoms with Gasteiger partial charge in [-0.1, -0.05) is 24.3 Å². The standard InChI is InChI=1S/C16H17NO2/c1-11-10-12(8-9-15(11)19-3)13-6-4-5-7-14(13)16(18)17-2/h4-10H,1-3H3,(H,17,18). The van der Waals surface area contributed by atoms with E-state index in [-0.39, 0.29) is 5.91 Å². The van der Waals surface area contributed by atoms with Crippen LogP contribution in [0.5, 0.6) is 5.75 Å². The Kier molecular flexibility index (Phi) is 3.85. The largest absolute Gasteiger partial charge is 0.496 e. The SMILES string of the molecule is CNC(=O)c1ccccc1-c1ccc(OC)c(C)c1. The quantitative estimate of drug-likeness (QED) is 0.915. The van der Waals surface area contributed by atoms with Gasteiger partial charge in [-0.05, 0) is 41.8 Å². The monoisotopic (exact) mass is 255 g/mol. The van der Waals surface area contributed by atoms with Crippen LogP contribution in [0.1, 0.15) is 15.9 Å². The number of hydrogen-bond acceptors (Lipinski definition) is 2. The molecule has 0 spiro atoms. The van der Waals surface area contributed by atoms with E-state index in [1.54, 1.807) is 14.2 Å². The van der Waals surface area contributed by atoms with Crippen LogP contribution >= 0.6 is 0 Å². The van der Waals surface area contributed by atoms with Gasteiger partial charge in [0.05, 0.1) is 7.11 Å². The molecule has 3 heteroatoms. The zero-order chi connectivity index (χ0) is 13.8. The second kappa shape index (κ2) is 5.57. The van der Waals surface area contributed by atoms with Gasteiger partial charge in [0.2, 0.25) is 0 Å². The van der Waals surface area contributed by atoms with Crippen molar-refractivity contribution >= 4 is 5.91 Å². The van der Waals surface area contributed by atoms with Crippen molar-refractivity contribution in [2.45, 2.75) is 6.92 Å². The molecule has 0 saturated heterocycles. The van der Waals surface area contributed by atoms with Gasteiger partial charge in [0.1, 0.15) is 5.75 Å². The van der Waals surface area contributed by atoms with Gasteiger partial charge in [-0.25, -0.2) is 0 Å². The molecule has 0 heterocycles. The molecular formula is C16H17NO2. The van der Waals surface area contributed by atoms with E-state index in [1.807, 2.05) is 49.4 Å². The average molecular weight is 255 g/mol. The molecule has 0 atom stereocenters. The Hall–Kier alpha value is -2.29. The molecule has 0 aliphatic rings. The molecule has 2 rings (SSSR count). The molecule has 0 aliphatic heterocycles. The lowest BCUT2D eigenvalue weighted by Crippen LogP contribution is -2.18. The summed E-state index contributed by atoms with van der Waals surface area (Å²) < 4.78 is 5.26. The van der Waals surface area contributed by atoms with Crippen molar-refractivity contribution < 1.29 is 9.53 Å². The van der Waals surface area contributed by atoms with Gasteiger partial charge in [-0.3, -0.25) is 4.79 Å². The first-order valence-corrected chi connectivity index (χ1v) is 6.13. The van der Waals surface area contributed by atoms with Crippen LogP contribution in [-0.4, -0.2) is 20.1 Å². The Bertz CT molecular complexity index is 605. The zero-order valence-corrected chi connectivity index (χ0v) is 11.4. The smallest absolute Gasteiger partial charge is 0.251 e. The minimum absolute atomic E-state index is 0.0796. The molecule has 0 aromatic heterocycles.